The standard InChI is InChI=1S/C20H27N5/c1-21-20(24-18-11-5-6-12-18)23-16-19-22-13-15-25(19)14-7-10-17-8-3-2-4-9-17/h2-6,8-9,13,15,18H,7,10-12,14,16H2,1H3,(H2,21,23,24). The molecule has 1 heterocycles. The second kappa shape index (κ2) is 9.06. The van der Waals surface area contributed by atoms with E-state index in [1.54, 1.807) is 0 Å². The van der Waals surface area contributed by atoms with Crippen molar-refractivity contribution in [2.24, 2.45) is 4.99 Å². The van der Waals surface area contributed by atoms with Gasteiger partial charge in [0.2, 0.25) is 0 Å². The highest BCUT2D eigenvalue weighted by molar-refractivity contribution is 5.79. The maximum Gasteiger partial charge on any atom is 0.191 e. The molecule has 0 unspecified atom stereocenters. The Kier molecular flexibility index (Phi) is 6.26. The average Bonchev–Trinajstić information content (AvgIpc) is 3.31. The number of nitrogens with one attached hydrogen (secondary N) is 2. The molecule has 1 aromatic carbocycles. The molecule has 25 heavy (non-hydrogen) atoms. The first-order valence-electron chi connectivity index (χ1n) is 9.01. The Hall–Kier alpha value is -2.56. The molecule has 0 radical (unpaired) electrons. The summed E-state index contributed by atoms with van der Waals surface area (Å²) in [5.41, 5.74) is 1.39. The van der Waals surface area contributed by atoms with Gasteiger partial charge in [0.05, 0.1) is 6.54 Å². The number of hydrogen-bond donors (Lipinski definition) is 2. The summed E-state index contributed by atoms with van der Waals surface area (Å²) in [6.07, 6.45) is 12.7. The van der Waals surface area contributed by atoms with Crippen molar-refractivity contribution in [2.45, 2.75) is 44.8 Å². The zero-order chi connectivity index (χ0) is 17.3. The third kappa shape index (κ3) is 5.21. The Morgan fingerprint density at radius 2 is 2.04 bits per heavy atom. The minimum Gasteiger partial charge on any atom is -0.353 e. The molecule has 5 heteroatoms. The van der Waals surface area contributed by atoms with Gasteiger partial charge < -0.3 is 15.2 Å². The zero-order valence-corrected chi connectivity index (χ0v) is 14.9. The molecule has 0 bridgehead atoms. The van der Waals surface area contributed by atoms with E-state index in [2.05, 4.69) is 73.9 Å². The minimum atomic E-state index is 0.455. The molecule has 5 nitrogen and oxygen atoms in total. The summed E-state index contributed by atoms with van der Waals surface area (Å²) in [5.74, 6) is 1.88. The second-order valence-corrected chi connectivity index (χ2v) is 6.34. The fraction of sp³-hybridized carbons (Fsp3) is 0.400. The van der Waals surface area contributed by atoms with Crippen LogP contribution >= 0.6 is 0 Å². The van der Waals surface area contributed by atoms with Crippen LogP contribution in [-0.2, 0) is 19.5 Å². The maximum absolute atomic E-state index is 4.49. The van der Waals surface area contributed by atoms with Crippen molar-refractivity contribution >= 4 is 5.96 Å². The van der Waals surface area contributed by atoms with Crippen molar-refractivity contribution < 1.29 is 0 Å². The van der Waals surface area contributed by atoms with Gasteiger partial charge in [0.15, 0.2) is 5.96 Å². The van der Waals surface area contributed by atoms with E-state index in [1.165, 1.54) is 5.56 Å². The predicted molar refractivity (Wildman–Crippen MR) is 102 cm³/mol. The van der Waals surface area contributed by atoms with E-state index >= 15 is 0 Å². The van der Waals surface area contributed by atoms with Crippen LogP contribution in [0.3, 0.4) is 0 Å². The summed E-state index contributed by atoms with van der Waals surface area (Å²) < 4.78 is 2.22. The highest BCUT2D eigenvalue weighted by Crippen LogP contribution is 2.09. The molecule has 0 atom stereocenters. The third-order valence-electron chi connectivity index (χ3n) is 4.50. The molecule has 0 spiro atoms. The summed E-state index contributed by atoms with van der Waals surface area (Å²) in [6.45, 7) is 1.66. The molecule has 0 saturated carbocycles. The first-order chi connectivity index (χ1) is 12.3. The van der Waals surface area contributed by atoms with Gasteiger partial charge in [-0.25, -0.2) is 4.98 Å². The lowest BCUT2D eigenvalue weighted by Gasteiger charge is -2.17. The van der Waals surface area contributed by atoms with Crippen molar-refractivity contribution in [3.05, 3.63) is 66.3 Å². The number of hydrogen-bond acceptors (Lipinski definition) is 2. The van der Waals surface area contributed by atoms with Gasteiger partial charge in [-0.05, 0) is 31.2 Å². The van der Waals surface area contributed by atoms with Gasteiger partial charge in [-0.1, -0.05) is 42.5 Å². The van der Waals surface area contributed by atoms with E-state index in [-0.39, 0.29) is 0 Å². The largest absolute Gasteiger partial charge is 0.353 e. The normalized spacial score (nSPS) is 14.8. The lowest BCUT2D eigenvalue weighted by molar-refractivity contribution is 0.592. The molecule has 0 fully saturated rings. The summed E-state index contributed by atoms with van der Waals surface area (Å²) in [7, 11) is 1.81. The summed E-state index contributed by atoms with van der Waals surface area (Å²) in [6, 6.07) is 11.1. The van der Waals surface area contributed by atoms with Gasteiger partial charge >= 0.3 is 0 Å². The van der Waals surface area contributed by atoms with E-state index in [9.17, 15) is 0 Å². The smallest absolute Gasteiger partial charge is 0.191 e. The van der Waals surface area contributed by atoms with Crippen LogP contribution in [0.5, 0.6) is 0 Å². The number of aromatic nitrogens is 2. The van der Waals surface area contributed by atoms with Crippen LogP contribution in [0.4, 0.5) is 0 Å². The lowest BCUT2D eigenvalue weighted by atomic mass is 10.1. The molecule has 1 aromatic heterocycles. The van der Waals surface area contributed by atoms with Gasteiger partial charge in [-0.15, -0.1) is 0 Å². The van der Waals surface area contributed by atoms with E-state index in [4.69, 9.17) is 0 Å². The first-order valence-corrected chi connectivity index (χ1v) is 9.01. The van der Waals surface area contributed by atoms with Crippen LogP contribution in [0, 0.1) is 0 Å². The average molecular weight is 337 g/mol. The van der Waals surface area contributed by atoms with E-state index in [0.717, 1.165) is 44.0 Å². The van der Waals surface area contributed by atoms with Crippen LogP contribution in [0.15, 0.2) is 59.9 Å². The number of benzene rings is 1. The summed E-state index contributed by atoms with van der Waals surface area (Å²) in [4.78, 5) is 8.80. The van der Waals surface area contributed by atoms with Crippen molar-refractivity contribution in [3.63, 3.8) is 0 Å². The molecule has 0 aliphatic heterocycles. The van der Waals surface area contributed by atoms with E-state index in [1.807, 2.05) is 13.2 Å². The SMILES string of the molecule is CN=C(NCc1nccn1CCCc1ccccc1)NC1CC=CC1. The van der Waals surface area contributed by atoms with Crippen LogP contribution in [0.1, 0.15) is 30.7 Å². The van der Waals surface area contributed by atoms with E-state index in [0.29, 0.717) is 12.6 Å². The molecule has 1 aliphatic rings. The topological polar surface area (TPSA) is 54.2 Å². The maximum atomic E-state index is 4.49. The van der Waals surface area contributed by atoms with Gasteiger partial charge in [0, 0.05) is 32.0 Å². The third-order valence-corrected chi connectivity index (χ3v) is 4.50. The van der Waals surface area contributed by atoms with Crippen molar-refractivity contribution in [1.82, 2.24) is 20.2 Å². The fourth-order valence-electron chi connectivity index (χ4n) is 3.09. The molecule has 132 valence electrons. The van der Waals surface area contributed by atoms with Crippen LogP contribution in [-0.4, -0.2) is 28.6 Å². The van der Waals surface area contributed by atoms with Crippen molar-refractivity contribution in [3.8, 4) is 0 Å². The number of aliphatic imine (C=N–C) groups is 1. The fourth-order valence-corrected chi connectivity index (χ4v) is 3.09. The number of aryl methyl sites for hydroxylation is 2. The Bertz CT molecular complexity index is 694. The van der Waals surface area contributed by atoms with Crippen LogP contribution in [0.2, 0.25) is 0 Å². The molecule has 0 amide bonds. The van der Waals surface area contributed by atoms with Crippen molar-refractivity contribution in [2.75, 3.05) is 7.05 Å². The van der Waals surface area contributed by atoms with Crippen molar-refractivity contribution in [1.29, 1.82) is 0 Å². The Balaban J connectivity index is 1.46. The zero-order valence-electron chi connectivity index (χ0n) is 14.9. The number of imidazole rings is 1. The van der Waals surface area contributed by atoms with Crippen LogP contribution in [0.25, 0.3) is 0 Å². The number of rotatable bonds is 7. The molecular weight excluding hydrogens is 310 g/mol. The Morgan fingerprint density at radius 3 is 2.80 bits per heavy atom. The number of nitrogens with zero attached hydrogens (tertiary/aromatic N) is 3. The molecule has 2 N–H and O–H groups in total. The summed E-state index contributed by atoms with van der Waals surface area (Å²) in [5, 5.41) is 6.83. The van der Waals surface area contributed by atoms with Gasteiger partial charge in [-0.3, -0.25) is 4.99 Å². The van der Waals surface area contributed by atoms with Gasteiger partial charge in [0.25, 0.3) is 0 Å². The quantitative estimate of drug-likeness (QED) is 0.464. The molecule has 3 rings (SSSR count). The monoisotopic (exact) mass is 337 g/mol. The first kappa shape index (κ1) is 17.3. The lowest BCUT2D eigenvalue weighted by Crippen LogP contribution is -2.42. The number of guanidine groups is 1. The summed E-state index contributed by atoms with van der Waals surface area (Å²) >= 11 is 0. The molecular formula is C20H27N5. The highest BCUT2D eigenvalue weighted by Gasteiger charge is 2.12. The molecule has 2 aromatic rings. The van der Waals surface area contributed by atoms with E-state index < -0.39 is 0 Å². The Morgan fingerprint density at radius 1 is 1.24 bits per heavy atom. The minimum absolute atomic E-state index is 0.455. The predicted octanol–water partition coefficient (Wildman–Crippen LogP) is 2.90. The van der Waals surface area contributed by atoms with Gasteiger partial charge in [0.1, 0.15) is 5.82 Å². The van der Waals surface area contributed by atoms with Crippen LogP contribution < -0.4 is 10.6 Å². The molecule has 1 aliphatic carbocycles. The second-order valence-electron chi connectivity index (χ2n) is 6.34. The highest BCUT2D eigenvalue weighted by atomic mass is 15.2. The van der Waals surface area contributed by atoms with Gasteiger partial charge in [-0.2, -0.15) is 0 Å². The molecule has 0 saturated heterocycles. The Labute approximate surface area is 149 Å².